The van der Waals surface area contributed by atoms with E-state index in [9.17, 15) is 0 Å². The zero-order valence-electron chi connectivity index (χ0n) is 22.7. The van der Waals surface area contributed by atoms with E-state index in [0.717, 1.165) is 37.6 Å². The van der Waals surface area contributed by atoms with Gasteiger partial charge in [0, 0.05) is 0 Å². The Bertz CT molecular complexity index is 663. The number of ether oxygens (including phenoxy) is 2. The van der Waals surface area contributed by atoms with Crippen LogP contribution < -0.4 is 20.1 Å². The van der Waals surface area contributed by atoms with Gasteiger partial charge in [-0.25, -0.2) is 0 Å². The van der Waals surface area contributed by atoms with Crippen molar-refractivity contribution in [3.05, 3.63) is 48.5 Å². The first-order valence-corrected chi connectivity index (χ1v) is 15.5. The summed E-state index contributed by atoms with van der Waals surface area (Å²) < 4.78 is 11.9. The lowest BCUT2D eigenvalue weighted by Crippen LogP contribution is -2.04. The number of rotatable bonds is 22. The Balaban J connectivity index is 1.54. The van der Waals surface area contributed by atoms with E-state index >= 15 is 0 Å². The number of benzene rings is 2. The van der Waals surface area contributed by atoms with Gasteiger partial charge >= 0.3 is 0 Å². The van der Waals surface area contributed by atoms with Crippen molar-refractivity contribution in [1.29, 1.82) is 0 Å². The van der Waals surface area contributed by atoms with Gasteiger partial charge in [-0.2, -0.15) is 0 Å². The van der Waals surface area contributed by atoms with Gasteiger partial charge in [0.1, 0.15) is 11.5 Å². The van der Waals surface area contributed by atoms with Crippen LogP contribution in [0.2, 0.25) is 0 Å². The third-order valence-corrected chi connectivity index (χ3v) is 7.77. The number of hydrogen-bond acceptors (Lipinski definition) is 2. The molecule has 2 aromatic rings. The van der Waals surface area contributed by atoms with Crippen LogP contribution in [-0.2, 0) is 0 Å². The second kappa shape index (κ2) is 20.6. The minimum Gasteiger partial charge on any atom is -0.494 e. The lowest BCUT2D eigenvalue weighted by atomic mass is 10.1. The molecule has 0 heterocycles. The van der Waals surface area contributed by atoms with Crippen molar-refractivity contribution in [2.24, 2.45) is 0 Å². The van der Waals surface area contributed by atoms with E-state index < -0.39 is 0 Å². The summed E-state index contributed by atoms with van der Waals surface area (Å²) in [5, 5.41) is 2.69. The molecule has 0 saturated carbocycles. The smallest absolute Gasteiger partial charge is 0.119 e. The van der Waals surface area contributed by atoms with Gasteiger partial charge in [0.2, 0.25) is 0 Å². The molecule has 0 fully saturated rings. The molecule has 2 nitrogen and oxygen atoms in total. The van der Waals surface area contributed by atoms with Crippen molar-refractivity contribution in [3.63, 3.8) is 0 Å². The first-order chi connectivity index (χ1) is 17.3. The highest BCUT2D eigenvalue weighted by molar-refractivity contribution is 7.55. The largest absolute Gasteiger partial charge is 0.494 e. The third kappa shape index (κ3) is 15.2. The van der Waals surface area contributed by atoms with Gasteiger partial charge < -0.3 is 9.47 Å². The Morgan fingerprint density at radius 2 is 0.743 bits per heavy atom. The minimum absolute atomic E-state index is 0.662. The molecular weight excluding hydrogens is 447 g/mol. The molecule has 35 heavy (non-hydrogen) atoms. The number of unbranched alkanes of at least 4 members (excludes halogenated alkanes) is 14. The molecule has 0 radical (unpaired) electrons. The van der Waals surface area contributed by atoms with Gasteiger partial charge in [-0.3, -0.25) is 0 Å². The van der Waals surface area contributed by atoms with Gasteiger partial charge in [0.15, 0.2) is 0 Å². The van der Waals surface area contributed by atoms with Gasteiger partial charge in [0.25, 0.3) is 0 Å². The lowest BCUT2D eigenvalue weighted by Gasteiger charge is -2.09. The third-order valence-electron chi connectivity index (χ3n) is 6.53. The summed E-state index contributed by atoms with van der Waals surface area (Å²) in [6.07, 6.45) is 21.3. The summed E-state index contributed by atoms with van der Waals surface area (Å²) in [6.45, 7) is 6.21. The Hall–Kier alpha value is -1.53. The van der Waals surface area contributed by atoms with E-state index in [0.29, 0.717) is 8.58 Å². The highest BCUT2D eigenvalue weighted by Crippen LogP contribution is 2.18. The van der Waals surface area contributed by atoms with E-state index in [-0.39, 0.29) is 0 Å². The monoisotopic (exact) mass is 498 g/mol. The van der Waals surface area contributed by atoms with Crippen molar-refractivity contribution in [3.8, 4) is 11.5 Å². The average Bonchev–Trinajstić information content (AvgIpc) is 2.88. The zero-order valence-corrected chi connectivity index (χ0v) is 23.7. The highest BCUT2D eigenvalue weighted by atomic mass is 31.1. The summed E-state index contributed by atoms with van der Waals surface area (Å²) >= 11 is 0. The van der Waals surface area contributed by atoms with Crippen LogP contribution in [0.25, 0.3) is 0 Å². The van der Waals surface area contributed by atoms with Crippen LogP contribution >= 0.6 is 8.58 Å². The van der Waals surface area contributed by atoms with Gasteiger partial charge in [0.05, 0.1) is 13.2 Å². The maximum absolute atomic E-state index is 5.94. The maximum Gasteiger partial charge on any atom is 0.119 e. The quantitative estimate of drug-likeness (QED) is 0.119. The van der Waals surface area contributed by atoms with Crippen LogP contribution in [0.1, 0.15) is 117 Å². The molecule has 0 atom stereocenters. The summed E-state index contributed by atoms with van der Waals surface area (Å²) in [5.74, 6) is 1.98. The molecule has 0 saturated heterocycles. The Labute approximate surface area is 218 Å². The first-order valence-electron chi connectivity index (χ1n) is 14.5. The molecule has 0 spiro atoms. The molecule has 0 amide bonds. The van der Waals surface area contributed by atoms with Gasteiger partial charge in [-0.1, -0.05) is 137 Å². The predicted octanol–water partition coefficient (Wildman–Crippen LogP) is 9.35. The topological polar surface area (TPSA) is 18.5 Å². The van der Waals surface area contributed by atoms with E-state index in [1.165, 1.54) is 101 Å². The standard InChI is InChI=1S/C32H51O2P/c1-3-5-7-9-11-13-15-17-27-33-29-19-23-31(24-20-29)35-32-25-21-30(22-26-32)34-28-18-16-14-12-10-8-6-4-2/h19-26,35H,3-18,27-28H2,1-2H3. The van der Waals surface area contributed by atoms with Crippen molar-refractivity contribution in [2.75, 3.05) is 13.2 Å². The molecule has 0 aromatic heterocycles. The van der Waals surface area contributed by atoms with Crippen LogP contribution in [0.15, 0.2) is 48.5 Å². The van der Waals surface area contributed by atoms with Crippen LogP contribution in [0.3, 0.4) is 0 Å². The average molecular weight is 499 g/mol. The van der Waals surface area contributed by atoms with E-state index in [1.807, 2.05) is 0 Å². The summed E-state index contributed by atoms with van der Waals surface area (Å²) in [6, 6.07) is 17.3. The molecule has 0 unspecified atom stereocenters. The molecule has 0 aliphatic carbocycles. The molecule has 0 aliphatic heterocycles. The fourth-order valence-corrected chi connectivity index (χ4v) is 5.29. The summed E-state index contributed by atoms with van der Waals surface area (Å²) in [4.78, 5) is 0. The molecule has 0 bridgehead atoms. The Morgan fingerprint density at radius 3 is 1.09 bits per heavy atom. The van der Waals surface area contributed by atoms with Crippen molar-refractivity contribution >= 4 is 19.2 Å². The summed E-state index contributed by atoms with van der Waals surface area (Å²) in [5.41, 5.74) is 0. The molecular formula is C32H51O2P. The molecule has 196 valence electrons. The van der Waals surface area contributed by atoms with E-state index in [4.69, 9.17) is 9.47 Å². The maximum atomic E-state index is 5.94. The van der Waals surface area contributed by atoms with Crippen molar-refractivity contribution in [2.45, 2.75) is 117 Å². The van der Waals surface area contributed by atoms with Crippen molar-refractivity contribution < 1.29 is 9.47 Å². The Morgan fingerprint density at radius 1 is 0.429 bits per heavy atom. The van der Waals surface area contributed by atoms with Crippen LogP contribution in [0.4, 0.5) is 0 Å². The number of hydrogen-bond donors (Lipinski definition) is 0. The van der Waals surface area contributed by atoms with E-state index in [1.54, 1.807) is 0 Å². The minimum atomic E-state index is 0.662. The molecule has 2 aromatic carbocycles. The first kappa shape index (κ1) is 29.7. The van der Waals surface area contributed by atoms with Crippen molar-refractivity contribution in [1.82, 2.24) is 0 Å². The van der Waals surface area contributed by atoms with E-state index in [2.05, 4.69) is 62.4 Å². The van der Waals surface area contributed by atoms with Gasteiger partial charge in [-0.05, 0) is 47.7 Å². The van der Waals surface area contributed by atoms with Crippen LogP contribution in [-0.4, -0.2) is 13.2 Å². The molecule has 2 rings (SSSR count). The van der Waals surface area contributed by atoms with Crippen LogP contribution in [0.5, 0.6) is 11.5 Å². The lowest BCUT2D eigenvalue weighted by molar-refractivity contribution is 0.304. The Kier molecular flexibility index (Phi) is 17.5. The fraction of sp³-hybridized carbons (Fsp3) is 0.625. The SMILES string of the molecule is CCCCCCCCCCOc1ccc(Pc2ccc(OCCCCCCCCCC)cc2)cc1. The zero-order chi connectivity index (χ0) is 24.8. The molecule has 3 heteroatoms. The predicted molar refractivity (Wildman–Crippen MR) is 157 cm³/mol. The second-order valence-electron chi connectivity index (χ2n) is 9.82. The second-order valence-corrected chi connectivity index (χ2v) is 11.2. The highest BCUT2D eigenvalue weighted by Gasteiger charge is 2.01. The normalized spacial score (nSPS) is 11.0. The van der Waals surface area contributed by atoms with Crippen LogP contribution in [0, 0.1) is 0 Å². The fourth-order valence-electron chi connectivity index (χ4n) is 4.29. The molecule has 0 aliphatic rings. The molecule has 0 N–H and O–H groups in total. The van der Waals surface area contributed by atoms with Gasteiger partial charge in [-0.15, -0.1) is 0 Å². The summed E-state index contributed by atoms with van der Waals surface area (Å²) in [7, 11) is 0.662.